The van der Waals surface area contributed by atoms with Gasteiger partial charge in [-0.1, -0.05) is 0 Å². The maximum Gasteiger partial charge on any atom is 0.379 e. The minimum absolute atomic E-state index is 0.0831. The standard InChI is InChI=1S/C13H12FNO3/c1-3-18-13(17)12(16)9-4-5-10-8(11(9)14)6-7-15(10)2/h4-7H,3H2,1-2H3. The summed E-state index contributed by atoms with van der Waals surface area (Å²) in [5.41, 5.74) is 0.403. The van der Waals surface area contributed by atoms with Gasteiger partial charge in [-0.15, -0.1) is 0 Å². The lowest BCUT2D eigenvalue weighted by atomic mass is 10.1. The molecule has 1 aromatic carbocycles. The predicted molar refractivity (Wildman–Crippen MR) is 63.8 cm³/mol. The molecule has 1 aromatic heterocycles. The average Bonchev–Trinajstić information content (AvgIpc) is 2.72. The number of carbonyl (C=O) groups excluding carboxylic acids is 2. The van der Waals surface area contributed by atoms with Crippen molar-refractivity contribution >= 4 is 22.7 Å². The molecule has 4 nitrogen and oxygen atoms in total. The highest BCUT2D eigenvalue weighted by Crippen LogP contribution is 2.22. The summed E-state index contributed by atoms with van der Waals surface area (Å²) in [5.74, 6) is -2.68. The molecule has 2 aromatic rings. The largest absolute Gasteiger partial charge is 0.460 e. The van der Waals surface area contributed by atoms with Crippen molar-refractivity contribution in [3.05, 3.63) is 35.8 Å². The second kappa shape index (κ2) is 4.60. The van der Waals surface area contributed by atoms with Crippen LogP contribution in [-0.2, 0) is 16.6 Å². The van der Waals surface area contributed by atoms with Gasteiger partial charge >= 0.3 is 5.97 Å². The van der Waals surface area contributed by atoms with E-state index in [-0.39, 0.29) is 12.2 Å². The van der Waals surface area contributed by atoms with Gasteiger partial charge in [0, 0.05) is 18.6 Å². The topological polar surface area (TPSA) is 48.3 Å². The lowest BCUT2D eigenvalue weighted by molar-refractivity contribution is -0.137. The van der Waals surface area contributed by atoms with Crippen molar-refractivity contribution in [2.24, 2.45) is 7.05 Å². The highest BCUT2D eigenvalue weighted by molar-refractivity contribution is 6.41. The maximum absolute atomic E-state index is 14.1. The van der Waals surface area contributed by atoms with E-state index in [0.717, 1.165) is 0 Å². The molecule has 0 spiro atoms. The van der Waals surface area contributed by atoms with Gasteiger partial charge in [-0.3, -0.25) is 4.79 Å². The summed E-state index contributed by atoms with van der Waals surface area (Å²) in [5, 5.41) is 0.313. The van der Waals surface area contributed by atoms with Gasteiger partial charge < -0.3 is 9.30 Å². The summed E-state index contributed by atoms with van der Waals surface area (Å²) in [6.45, 7) is 1.67. The fourth-order valence-electron chi connectivity index (χ4n) is 1.80. The number of benzene rings is 1. The SMILES string of the molecule is CCOC(=O)C(=O)c1ccc2c(ccn2C)c1F. The van der Waals surface area contributed by atoms with Crippen LogP contribution in [-0.4, -0.2) is 22.9 Å². The van der Waals surface area contributed by atoms with Crippen LogP contribution in [0.4, 0.5) is 4.39 Å². The lowest BCUT2D eigenvalue weighted by Crippen LogP contribution is -2.18. The van der Waals surface area contributed by atoms with E-state index in [0.29, 0.717) is 10.9 Å². The first kappa shape index (κ1) is 12.3. The molecule has 0 unspecified atom stereocenters. The summed E-state index contributed by atoms with van der Waals surface area (Å²) < 4.78 is 20.4. The molecule has 18 heavy (non-hydrogen) atoms. The van der Waals surface area contributed by atoms with Crippen LogP contribution in [0.25, 0.3) is 10.9 Å². The Morgan fingerprint density at radius 3 is 2.72 bits per heavy atom. The third-order valence-electron chi connectivity index (χ3n) is 2.71. The smallest absolute Gasteiger partial charge is 0.379 e. The number of hydrogen-bond donors (Lipinski definition) is 0. The number of hydrogen-bond acceptors (Lipinski definition) is 3. The van der Waals surface area contributed by atoms with E-state index in [1.54, 1.807) is 36.9 Å². The Morgan fingerprint density at radius 1 is 1.33 bits per heavy atom. The fourth-order valence-corrected chi connectivity index (χ4v) is 1.80. The molecule has 0 aliphatic carbocycles. The minimum atomic E-state index is -1.04. The molecule has 0 N–H and O–H groups in total. The van der Waals surface area contributed by atoms with Gasteiger partial charge in [0.25, 0.3) is 5.78 Å². The predicted octanol–water partition coefficient (Wildman–Crippen LogP) is 2.06. The van der Waals surface area contributed by atoms with Crippen molar-refractivity contribution < 1.29 is 18.7 Å². The Balaban J connectivity index is 2.49. The summed E-state index contributed by atoms with van der Waals surface area (Å²) in [6.07, 6.45) is 1.69. The molecule has 0 fully saturated rings. The summed E-state index contributed by atoms with van der Waals surface area (Å²) in [4.78, 5) is 23.0. The molecule has 0 aliphatic rings. The van der Waals surface area contributed by atoms with E-state index in [2.05, 4.69) is 4.74 Å². The molecule has 0 radical (unpaired) electrons. The number of nitrogens with zero attached hydrogens (tertiary/aromatic N) is 1. The Kier molecular flexibility index (Phi) is 3.14. The van der Waals surface area contributed by atoms with Crippen LogP contribution in [0.1, 0.15) is 17.3 Å². The number of carbonyl (C=O) groups is 2. The van der Waals surface area contributed by atoms with Crippen molar-refractivity contribution in [3.63, 3.8) is 0 Å². The number of aromatic nitrogens is 1. The van der Waals surface area contributed by atoms with E-state index in [4.69, 9.17) is 0 Å². The molecule has 1 heterocycles. The monoisotopic (exact) mass is 249 g/mol. The zero-order valence-electron chi connectivity index (χ0n) is 10.1. The highest BCUT2D eigenvalue weighted by atomic mass is 19.1. The molecule has 2 rings (SSSR count). The quantitative estimate of drug-likeness (QED) is 0.475. The molecule has 0 aliphatic heterocycles. The van der Waals surface area contributed by atoms with Gasteiger partial charge in [0.05, 0.1) is 17.7 Å². The Bertz CT molecular complexity index is 630. The van der Waals surface area contributed by atoms with E-state index in [9.17, 15) is 14.0 Å². The molecular weight excluding hydrogens is 237 g/mol. The van der Waals surface area contributed by atoms with Crippen LogP contribution in [0.15, 0.2) is 24.4 Å². The zero-order chi connectivity index (χ0) is 13.3. The van der Waals surface area contributed by atoms with Gasteiger partial charge in [-0.25, -0.2) is 9.18 Å². The number of ketones is 1. The molecule has 0 saturated heterocycles. The number of Topliss-reactive ketones (excluding diaryl/α,β-unsaturated/α-hetero) is 1. The van der Waals surface area contributed by atoms with Crippen LogP contribution in [0.3, 0.4) is 0 Å². The second-order valence-corrected chi connectivity index (χ2v) is 3.84. The molecule has 94 valence electrons. The highest BCUT2D eigenvalue weighted by Gasteiger charge is 2.22. The first-order chi connectivity index (χ1) is 8.56. The maximum atomic E-state index is 14.1. The van der Waals surface area contributed by atoms with Crippen molar-refractivity contribution in [2.75, 3.05) is 6.61 Å². The van der Waals surface area contributed by atoms with Crippen molar-refractivity contribution in [1.82, 2.24) is 4.57 Å². The van der Waals surface area contributed by atoms with E-state index < -0.39 is 17.6 Å². The number of esters is 1. The Labute approximate surface area is 103 Å². The van der Waals surface area contributed by atoms with E-state index >= 15 is 0 Å². The number of rotatable bonds is 3. The van der Waals surface area contributed by atoms with Crippen LogP contribution in [0, 0.1) is 5.82 Å². The number of aryl methyl sites for hydroxylation is 1. The molecular formula is C13H12FNO3. The normalized spacial score (nSPS) is 10.6. The van der Waals surface area contributed by atoms with Gasteiger partial charge in [-0.2, -0.15) is 0 Å². The number of fused-ring (bicyclic) bond motifs is 1. The fraction of sp³-hybridized carbons (Fsp3) is 0.231. The van der Waals surface area contributed by atoms with Gasteiger partial charge in [-0.05, 0) is 25.1 Å². The third kappa shape index (κ3) is 1.88. The molecule has 0 saturated carbocycles. The van der Waals surface area contributed by atoms with Crippen molar-refractivity contribution in [3.8, 4) is 0 Å². The molecule has 0 bridgehead atoms. The first-order valence-electron chi connectivity index (χ1n) is 5.51. The van der Waals surface area contributed by atoms with Gasteiger partial charge in [0.2, 0.25) is 0 Å². The van der Waals surface area contributed by atoms with Crippen LogP contribution in [0.5, 0.6) is 0 Å². The number of ether oxygens (including phenoxy) is 1. The summed E-state index contributed by atoms with van der Waals surface area (Å²) in [7, 11) is 1.77. The Morgan fingerprint density at radius 2 is 2.06 bits per heavy atom. The van der Waals surface area contributed by atoms with E-state index in [1.807, 2.05) is 0 Å². The van der Waals surface area contributed by atoms with Gasteiger partial charge in [0.1, 0.15) is 5.82 Å². The molecule has 5 heteroatoms. The summed E-state index contributed by atoms with van der Waals surface area (Å²) >= 11 is 0. The lowest BCUT2D eigenvalue weighted by Gasteiger charge is -2.04. The zero-order valence-corrected chi connectivity index (χ0v) is 10.1. The molecule has 0 amide bonds. The van der Waals surface area contributed by atoms with E-state index in [1.165, 1.54) is 6.07 Å². The molecule has 0 atom stereocenters. The minimum Gasteiger partial charge on any atom is -0.460 e. The number of halogens is 1. The van der Waals surface area contributed by atoms with Crippen molar-refractivity contribution in [1.29, 1.82) is 0 Å². The van der Waals surface area contributed by atoms with Crippen LogP contribution >= 0.6 is 0 Å². The second-order valence-electron chi connectivity index (χ2n) is 3.84. The average molecular weight is 249 g/mol. The van der Waals surface area contributed by atoms with Crippen LogP contribution in [0.2, 0.25) is 0 Å². The van der Waals surface area contributed by atoms with Crippen molar-refractivity contribution in [2.45, 2.75) is 6.92 Å². The summed E-state index contributed by atoms with van der Waals surface area (Å²) in [6, 6.07) is 4.47. The van der Waals surface area contributed by atoms with Crippen LogP contribution < -0.4 is 0 Å². The van der Waals surface area contributed by atoms with Gasteiger partial charge in [0.15, 0.2) is 0 Å². The third-order valence-corrected chi connectivity index (χ3v) is 2.71. The Hall–Kier alpha value is -2.17. The first-order valence-corrected chi connectivity index (χ1v) is 5.51.